The molecule has 9 nitrogen and oxygen atoms in total. The molecule has 0 aliphatic rings. The molecular weight excluding hydrogens is 435 g/mol. The van der Waals surface area contributed by atoms with Crippen molar-refractivity contribution in [1.29, 1.82) is 0 Å². The van der Waals surface area contributed by atoms with Crippen molar-refractivity contribution in [1.82, 2.24) is 10.4 Å². The standard InChI is InChI=1S/C22H33N2O7P/c1-15(2)11-18(20(26)27)23-19(25)17(12-16-9-7-6-8-10-16)24-32(29)14-30-13-31-21(28)22(3,4)5/h6-10,15,17-18H,11-14H2,1-5H3,(H2-,23,24,25,26,27,29)/p+1/t17-,18-/m0/s1. The predicted molar refractivity (Wildman–Crippen MR) is 120 cm³/mol. The van der Waals surface area contributed by atoms with Crippen LogP contribution in [-0.4, -0.2) is 48.2 Å². The summed E-state index contributed by atoms with van der Waals surface area (Å²) in [7, 11) is -2.19. The Bertz CT molecular complexity index is 778. The van der Waals surface area contributed by atoms with Crippen molar-refractivity contribution in [3.05, 3.63) is 35.9 Å². The molecule has 0 bridgehead atoms. The summed E-state index contributed by atoms with van der Waals surface area (Å²) in [5.74, 6) is -2.08. The number of amides is 1. The number of rotatable bonds is 13. The van der Waals surface area contributed by atoms with E-state index >= 15 is 0 Å². The number of carbonyl (C=O) groups excluding carboxylic acids is 2. The number of benzene rings is 1. The summed E-state index contributed by atoms with van der Waals surface area (Å²) in [6, 6.07) is 7.12. The zero-order chi connectivity index (χ0) is 24.3. The van der Waals surface area contributed by atoms with Gasteiger partial charge in [-0.15, -0.1) is 0 Å². The number of hydrogen-bond acceptors (Lipinski definition) is 6. The topological polar surface area (TPSA) is 131 Å². The molecule has 1 aromatic carbocycles. The first kappa shape index (κ1) is 27.7. The fourth-order valence-electron chi connectivity index (χ4n) is 2.65. The molecule has 0 aromatic heterocycles. The van der Waals surface area contributed by atoms with Crippen LogP contribution in [0.2, 0.25) is 0 Å². The monoisotopic (exact) mass is 469 g/mol. The molecule has 0 spiro atoms. The lowest BCUT2D eigenvalue weighted by atomic mass is 9.98. The highest BCUT2D eigenvalue weighted by molar-refractivity contribution is 7.42. The normalized spacial score (nSPS) is 13.9. The van der Waals surface area contributed by atoms with Gasteiger partial charge in [0.15, 0.2) is 6.79 Å². The third kappa shape index (κ3) is 10.8. The Morgan fingerprint density at radius 1 is 1.09 bits per heavy atom. The lowest BCUT2D eigenvalue weighted by Gasteiger charge is -2.20. The van der Waals surface area contributed by atoms with Crippen molar-refractivity contribution in [3.63, 3.8) is 0 Å². The molecule has 3 atom stereocenters. The van der Waals surface area contributed by atoms with Crippen LogP contribution in [0.1, 0.15) is 46.6 Å². The van der Waals surface area contributed by atoms with E-state index in [1.165, 1.54) is 0 Å². The minimum atomic E-state index is -2.19. The highest BCUT2D eigenvalue weighted by Crippen LogP contribution is 2.19. The van der Waals surface area contributed by atoms with Crippen molar-refractivity contribution in [3.8, 4) is 0 Å². The smallest absolute Gasteiger partial charge is 0.461 e. The lowest BCUT2D eigenvalue weighted by Crippen LogP contribution is -2.50. The third-order valence-electron chi connectivity index (χ3n) is 4.31. The number of nitrogens with one attached hydrogen (secondary N) is 2. The van der Waals surface area contributed by atoms with Crippen LogP contribution in [0.4, 0.5) is 0 Å². The van der Waals surface area contributed by atoms with Gasteiger partial charge in [0, 0.05) is 6.42 Å². The van der Waals surface area contributed by atoms with E-state index in [0.717, 1.165) is 5.56 Å². The number of esters is 1. The first-order valence-corrected chi connectivity index (χ1v) is 11.9. The molecule has 178 valence electrons. The van der Waals surface area contributed by atoms with Gasteiger partial charge >= 0.3 is 19.9 Å². The number of aliphatic carboxylic acids is 1. The van der Waals surface area contributed by atoms with Crippen molar-refractivity contribution < 1.29 is 33.5 Å². The molecule has 0 heterocycles. The molecule has 0 saturated carbocycles. The van der Waals surface area contributed by atoms with E-state index in [9.17, 15) is 24.1 Å². The number of ether oxygens (including phenoxy) is 2. The molecule has 0 saturated heterocycles. The Morgan fingerprint density at radius 3 is 2.25 bits per heavy atom. The Morgan fingerprint density at radius 2 is 1.72 bits per heavy atom. The van der Waals surface area contributed by atoms with Crippen LogP contribution in [0.3, 0.4) is 0 Å². The SMILES string of the molecule is CC(C)C[C@H](NC(=O)[C@H](Cc1ccccc1)N[P+](=O)COCOC(=O)C(C)(C)C)C(=O)O. The first-order valence-electron chi connectivity index (χ1n) is 10.4. The van der Waals surface area contributed by atoms with Crippen molar-refractivity contribution in [2.24, 2.45) is 11.3 Å². The van der Waals surface area contributed by atoms with E-state index < -0.39 is 43.3 Å². The summed E-state index contributed by atoms with van der Waals surface area (Å²) in [4.78, 5) is 36.1. The van der Waals surface area contributed by atoms with E-state index in [1.807, 2.05) is 44.2 Å². The van der Waals surface area contributed by atoms with E-state index in [-0.39, 0.29) is 31.9 Å². The van der Waals surface area contributed by atoms with Crippen LogP contribution < -0.4 is 10.4 Å². The molecule has 10 heteroatoms. The molecule has 0 aliphatic heterocycles. The molecule has 1 rings (SSSR count). The minimum absolute atomic E-state index is 0.0674. The predicted octanol–water partition coefficient (Wildman–Crippen LogP) is 3.07. The van der Waals surface area contributed by atoms with Gasteiger partial charge in [0.1, 0.15) is 12.1 Å². The second-order valence-corrected chi connectivity index (χ2v) is 10.2. The molecule has 32 heavy (non-hydrogen) atoms. The summed E-state index contributed by atoms with van der Waals surface area (Å²) in [5, 5.41) is 14.7. The van der Waals surface area contributed by atoms with E-state index in [4.69, 9.17) is 9.47 Å². The van der Waals surface area contributed by atoms with Gasteiger partial charge in [-0.3, -0.25) is 14.3 Å². The average Bonchev–Trinajstić information content (AvgIpc) is 2.69. The van der Waals surface area contributed by atoms with E-state index in [2.05, 4.69) is 10.4 Å². The highest BCUT2D eigenvalue weighted by atomic mass is 31.1. The molecule has 1 amide bonds. The summed E-state index contributed by atoms with van der Waals surface area (Å²) >= 11 is 0. The number of carbonyl (C=O) groups is 3. The maximum Gasteiger partial charge on any atom is 0.461 e. The fourth-order valence-corrected chi connectivity index (χ4v) is 3.53. The number of hydrogen-bond donors (Lipinski definition) is 3. The van der Waals surface area contributed by atoms with Gasteiger partial charge in [-0.2, -0.15) is 0 Å². The van der Waals surface area contributed by atoms with Crippen LogP contribution in [-0.2, 0) is 34.8 Å². The summed E-state index contributed by atoms with van der Waals surface area (Å²) in [6.07, 6.45) is 0.202. The Labute approximate surface area is 190 Å². The van der Waals surface area contributed by atoms with Gasteiger partial charge in [0.25, 0.3) is 6.35 Å². The second-order valence-electron chi connectivity index (χ2n) is 8.91. The zero-order valence-electron chi connectivity index (χ0n) is 19.3. The van der Waals surface area contributed by atoms with Gasteiger partial charge in [0.2, 0.25) is 5.91 Å². The van der Waals surface area contributed by atoms with Crippen molar-refractivity contribution in [2.75, 3.05) is 13.1 Å². The third-order valence-corrected chi connectivity index (χ3v) is 5.33. The van der Waals surface area contributed by atoms with Crippen molar-refractivity contribution in [2.45, 2.75) is 59.5 Å². The summed E-state index contributed by atoms with van der Waals surface area (Å²) in [6.45, 7) is 8.48. The number of carboxylic acids is 1. The zero-order valence-corrected chi connectivity index (χ0v) is 20.2. The van der Waals surface area contributed by atoms with E-state index in [0.29, 0.717) is 0 Å². The summed E-state index contributed by atoms with van der Waals surface area (Å²) in [5.41, 5.74) is 0.138. The molecule has 0 aliphatic carbocycles. The van der Waals surface area contributed by atoms with Gasteiger partial charge in [0.05, 0.1) is 5.41 Å². The quantitative estimate of drug-likeness (QED) is 0.174. The van der Waals surface area contributed by atoms with E-state index in [1.54, 1.807) is 20.8 Å². The molecule has 3 N–H and O–H groups in total. The average molecular weight is 469 g/mol. The fraction of sp³-hybridized carbons (Fsp3) is 0.591. The van der Waals surface area contributed by atoms with Gasteiger partial charge in [-0.25, -0.2) is 4.79 Å². The maximum absolute atomic E-state index is 12.8. The van der Waals surface area contributed by atoms with Crippen LogP contribution in [0, 0.1) is 11.3 Å². The molecule has 0 radical (unpaired) electrons. The molecular formula is C22H34N2O7P+. The van der Waals surface area contributed by atoms with Gasteiger partial charge in [-0.05, 0) is 43.2 Å². The van der Waals surface area contributed by atoms with Gasteiger partial charge in [-0.1, -0.05) is 49.3 Å². The maximum atomic E-state index is 12.8. The largest absolute Gasteiger partial charge is 0.480 e. The van der Waals surface area contributed by atoms with Crippen molar-refractivity contribution >= 4 is 25.8 Å². The molecule has 1 aromatic rings. The van der Waals surface area contributed by atoms with Gasteiger partial charge < -0.3 is 15.2 Å². The number of carboxylic acid groups (broad SMARTS) is 1. The first-order chi connectivity index (χ1) is 14.9. The Balaban J connectivity index is 2.74. The summed E-state index contributed by atoms with van der Waals surface area (Å²) < 4.78 is 22.6. The molecule has 1 unspecified atom stereocenters. The lowest BCUT2D eigenvalue weighted by molar-refractivity contribution is -0.164. The molecule has 0 fully saturated rings. The van der Waals surface area contributed by atoms with Crippen LogP contribution in [0.15, 0.2) is 30.3 Å². The van der Waals surface area contributed by atoms with Crippen LogP contribution >= 0.6 is 7.95 Å². The Hall–Kier alpha value is -2.35. The highest BCUT2D eigenvalue weighted by Gasteiger charge is 2.32. The minimum Gasteiger partial charge on any atom is -0.480 e. The van der Waals surface area contributed by atoms with Crippen LogP contribution in [0.25, 0.3) is 0 Å². The Kier molecular flexibility index (Phi) is 11.5. The second kappa shape index (κ2) is 13.3. The van der Waals surface area contributed by atoms with Crippen LogP contribution in [0.5, 0.6) is 0 Å².